The number of hydrogen-bond donors (Lipinski definition) is 1. The zero-order valence-corrected chi connectivity index (χ0v) is 11.2. The van der Waals surface area contributed by atoms with E-state index in [1.54, 1.807) is 12.1 Å². The van der Waals surface area contributed by atoms with Crippen molar-refractivity contribution in [2.24, 2.45) is 0 Å². The van der Waals surface area contributed by atoms with Crippen LogP contribution in [0.1, 0.15) is 29.5 Å². The van der Waals surface area contributed by atoms with Gasteiger partial charge in [-0.05, 0) is 41.7 Å². The highest BCUT2D eigenvalue weighted by atomic mass is 19.1. The highest BCUT2D eigenvalue weighted by Crippen LogP contribution is 2.45. The fraction of sp³-hybridized carbons (Fsp3) is 0.294. The molecule has 3 rings (SSSR count). The maximum Gasteiger partial charge on any atom is 0.123 e. The van der Waals surface area contributed by atoms with E-state index in [0.717, 1.165) is 16.7 Å². The molecule has 1 unspecified atom stereocenters. The second-order valence-electron chi connectivity index (χ2n) is 5.11. The van der Waals surface area contributed by atoms with Gasteiger partial charge < -0.3 is 9.84 Å². The molecule has 0 saturated carbocycles. The Labute approximate surface area is 117 Å². The highest BCUT2D eigenvalue weighted by molar-refractivity contribution is 5.44. The highest BCUT2D eigenvalue weighted by Gasteiger charge is 2.40. The van der Waals surface area contributed by atoms with Crippen molar-refractivity contribution in [3.63, 3.8) is 0 Å². The Balaban J connectivity index is 2.09. The third-order valence-corrected chi connectivity index (χ3v) is 3.92. The lowest BCUT2D eigenvalue weighted by Gasteiger charge is -2.30. The van der Waals surface area contributed by atoms with E-state index >= 15 is 0 Å². The summed E-state index contributed by atoms with van der Waals surface area (Å²) in [6, 6.07) is 14.6. The molecule has 0 saturated heterocycles. The molecule has 2 aromatic rings. The number of hydrogen-bond acceptors (Lipinski definition) is 2. The van der Waals surface area contributed by atoms with Gasteiger partial charge in [0.05, 0.1) is 6.61 Å². The number of fused-ring (bicyclic) bond motifs is 1. The quantitative estimate of drug-likeness (QED) is 0.924. The van der Waals surface area contributed by atoms with Crippen LogP contribution in [0.3, 0.4) is 0 Å². The lowest BCUT2D eigenvalue weighted by Crippen LogP contribution is -2.27. The number of halogens is 1. The molecule has 0 amide bonds. The van der Waals surface area contributed by atoms with E-state index in [1.807, 2.05) is 12.1 Å². The van der Waals surface area contributed by atoms with Crippen molar-refractivity contribution in [1.29, 1.82) is 0 Å². The molecular weight excluding hydrogens is 255 g/mol. The predicted molar refractivity (Wildman–Crippen MR) is 74.7 cm³/mol. The average molecular weight is 272 g/mol. The summed E-state index contributed by atoms with van der Waals surface area (Å²) in [5, 5.41) is 9.16. The second kappa shape index (κ2) is 5.35. The minimum Gasteiger partial charge on any atom is -0.396 e. The molecule has 2 aromatic carbocycles. The third kappa shape index (κ3) is 2.13. The maximum absolute atomic E-state index is 13.2. The van der Waals surface area contributed by atoms with Crippen LogP contribution in [0.5, 0.6) is 0 Å². The van der Waals surface area contributed by atoms with Crippen LogP contribution < -0.4 is 0 Å². The number of rotatable bonds is 4. The molecule has 2 nitrogen and oxygen atoms in total. The fourth-order valence-electron chi connectivity index (χ4n) is 2.96. The zero-order chi connectivity index (χ0) is 14.0. The topological polar surface area (TPSA) is 29.5 Å². The summed E-state index contributed by atoms with van der Waals surface area (Å²) >= 11 is 0. The molecule has 104 valence electrons. The lowest BCUT2D eigenvalue weighted by molar-refractivity contribution is -0.0156. The molecule has 1 aliphatic rings. The molecule has 3 heteroatoms. The van der Waals surface area contributed by atoms with Gasteiger partial charge in [-0.25, -0.2) is 4.39 Å². The molecule has 0 fully saturated rings. The van der Waals surface area contributed by atoms with Crippen LogP contribution in [0.25, 0.3) is 0 Å². The third-order valence-electron chi connectivity index (χ3n) is 3.92. The van der Waals surface area contributed by atoms with Gasteiger partial charge in [-0.1, -0.05) is 36.4 Å². The first-order valence-electron chi connectivity index (χ1n) is 6.85. The van der Waals surface area contributed by atoms with Gasteiger partial charge in [0.25, 0.3) is 0 Å². The van der Waals surface area contributed by atoms with Crippen LogP contribution in [0.2, 0.25) is 0 Å². The molecule has 0 aliphatic carbocycles. The average Bonchev–Trinajstić information content (AvgIpc) is 2.86. The van der Waals surface area contributed by atoms with Gasteiger partial charge in [0, 0.05) is 6.61 Å². The van der Waals surface area contributed by atoms with Crippen molar-refractivity contribution in [3.05, 3.63) is 71.0 Å². The lowest BCUT2D eigenvalue weighted by atomic mass is 9.82. The Morgan fingerprint density at radius 2 is 1.85 bits per heavy atom. The summed E-state index contributed by atoms with van der Waals surface area (Å²) in [6.45, 7) is 0.674. The summed E-state index contributed by atoms with van der Waals surface area (Å²) in [5.41, 5.74) is 2.67. The predicted octanol–water partition coefficient (Wildman–Crippen LogP) is 3.37. The Morgan fingerprint density at radius 3 is 2.60 bits per heavy atom. The largest absolute Gasteiger partial charge is 0.396 e. The molecule has 1 aliphatic heterocycles. The minimum absolute atomic E-state index is 0.120. The molecule has 1 heterocycles. The minimum atomic E-state index is -0.562. The standard InChI is InChI=1S/C17H17FO2/c18-15-8-6-14(7-9-15)17(10-3-11-19)16-5-2-1-4-13(16)12-20-17/h1-2,4-9,19H,3,10-12H2. The molecule has 0 aromatic heterocycles. The van der Waals surface area contributed by atoms with Gasteiger partial charge in [0.2, 0.25) is 0 Å². The molecule has 1 N–H and O–H groups in total. The molecule has 0 spiro atoms. The summed E-state index contributed by atoms with van der Waals surface area (Å²) in [6.07, 6.45) is 1.33. The van der Waals surface area contributed by atoms with Gasteiger partial charge in [-0.2, -0.15) is 0 Å². The van der Waals surface area contributed by atoms with Crippen LogP contribution in [-0.4, -0.2) is 11.7 Å². The Morgan fingerprint density at radius 1 is 1.10 bits per heavy atom. The molecule has 0 radical (unpaired) electrons. The number of aliphatic hydroxyl groups excluding tert-OH is 1. The second-order valence-corrected chi connectivity index (χ2v) is 5.11. The van der Waals surface area contributed by atoms with E-state index < -0.39 is 5.60 Å². The monoisotopic (exact) mass is 272 g/mol. The Hall–Kier alpha value is -1.71. The summed E-state index contributed by atoms with van der Waals surface area (Å²) in [7, 11) is 0. The van der Waals surface area contributed by atoms with Gasteiger partial charge >= 0.3 is 0 Å². The van der Waals surface area contributed by atoms with Crippen molar-refractivity contribution in [1.82, 2.24) is 0 Å². The first-order chi connectivity index (χ1) is 9.76. The maximum atomic E-state index is 13.2. The van der Waals surface area contributed by atoms with Crippen molar-refractivity contribution >= 4 is 0 Å². The van der Waals surface area contributed by atoms with E-state index in [2.05, 4.69) is 12.1 Å². The van der Waals surface area contributed by atoms with E-state index in [9.17, 15) is 4.39 Å². The van der Waals surface area contributed by atoms with Gasteiger partial charge in [-0.3, -0.25) is 0 Å². The van der Waals surface area contributed by atoms with Crippen molar-refractivity contribution in [2.75, 3.05) is 6.61 Å². The summed E-state index contributed by atoms with van der Waals surface area (Å²) in [4.78, 5) is 0. The van der Waals surface area contributed by atoms with Crippen LogP contribution in [0.4, 0.5) is 4.39 Å². The first kappa shape index (κ1) is 13.3. The normalized spacial score (nSPS) is 20.9. The van der Waals surface area contributed by atoms with Gasteiger partial charge in [-0.15, -0.1) is 0 Å². The van der Waals surface area contributed by atoms with Crippen LogP contribution >= 0.6 is 0 Å². The van der Waals surface area contributed by atoms with E-state index in [1.165, 1.54) is 12.1 Å². The number of aliphatic hydroxyl groups is 1. The van der Waals surface area contributed by atoms with Crippen LogP contribution in [-0.2, 0) is 16.9 Å². The van der Waals surface area contributed by atoms with Crippen molar-refractivity contribution in [2.45, 2.75) is 25.0 Å². The van der Waals surface area contributed by atoms with Gasteiger partial charge in [0.1, 0.15) is 11.4 Å². The van der Waals surface area contributed by atoms with Crippen molar-refractivity contribution in [3.8, 4) is 0 Å². The molecule has 1 atom stereocenters. The Kier molecular flexibility index (Phi) is 3.55. The van der Waals surface area contributed by atoms with Crippen LogP contribution in [0, 0.1) is 5.82 Å². The molecule has 20 heavy (non-hydrogen) atoms. The zero-order valence-electron chi connectivity index (χ0n) is 11.2. The Bertz CT molecular complexity index is 594. The van der Waals surface area contributed by atoms with Crippen molar-refractivity contribution < 1.29 is 14.2 Å². The van der Waals surface area contributed by atoms with E-state index in [-0.39, 0.29) is 12.4 Å². The van der Waals surface area contributed by atoms with Crippen LogP contribution in [0.15, 0.2) is 48.5 Å². The summed E-state index contributed by atoms with van der Waals surface area (Å²) < 4.78 is 19.3. The first-order valence-corrected chi connectivity index (χ1v) is 6.85. The summed E-state index contributed by atoms with van der Waals surface area (Å²) in [5.74, 6) is -0.252. The SMILES string of the molecule is OCCCC1(c2ccc(F)cc2)OCc2ccccc21. The van der Waals surface area contributed by atoms with E-state index in [0.29, 0.717) is 19.4 Å². The smallest absolute Gasteiger partial charge is 0.123 e. The number of benzene rings is 2. The van der Waals surface area contributed by atoms with Gasteiger partial charge in [0.15, 0.2) is 0 Å². The number of ether oxygens (including phenoxy) is 1. The molecule has 0 bridgehead atoms. The fourth-order valence-corrected chi connectivity index (χ4v) is 2.96. The molecular formula is C17H17FO2. The van der Waals surface area contributed by atoms with E-state index in [4.69, 9.17) is 9.84 Å².